The Hall–Kier alpha value is -0.110. The molecule has 0 saturated heterocycles. The summed E-state index contributed by atoms with van der Waals surface area (Å²) in [4.78, 5) is 8.98. The minimum absolute atomic E-state index is 0.202. The maximum Gasteiger partial charge on any atom is 0.196 e. The van der Waals surface area contributed by atoms with E-state index in [4.69, 9.17) is 4.89 Å². The maximum absolute atomic E-state index is 10.9. The van der Waals surface area contributed by atoms with Gasteiger partial charge >= 0.3 is 0 Å². The van der Waals surface area contributed by atoms with Gasteiger partial charge in [-0.15, -0.1) is 0 Å². The van der Waals surface area contributed by atoms with Crippen molar-refractivity contribution >= 4 is 8.03 Å². The van der Waals surface area contributed by atoms with Crippen LogP contribution < -0.4 is 0 Å². The zero-order valence-electron chi connectivity index (χ0n) is 7.16. The number of aliphatic hydroxyl groups excluding tert-OH is 1. The first-order chi connectivity index (χ1) is 5.65. The quantitative estimate of drug-likeness (QED) is 0.521. The Morgan fingerprint density at radius 2 is 2.50 bits per heavy atom. The molecule has 0 bridgehead atoms. The summed E-state index contributed by atoms with van der Waals surface area (Å²) in [5.41, 5.74) is 0.767. The van der Waals surface area contributed by atoms with Gasteiger partial charge in [-0.05, 0) is 19.3 Å². The van der Waals surface area contributed by atoms with Crippen LogP contribution in [0.25, 0.3) is 0 Å². The average Bonchev–Trinajstić information content (AvgIpc) is 2.37. The molecule has 1 aliphatic rings. The first kappa shape index (κ1) is 9.97. The molecule has 12 heavy (non-hydrogen) atoms. The molecule has 0 fully saturated rings. The van der Waals surface area contributed by atoms with E-state index in [9.17, 15) is 9.67 Å². The van der Waals surface area contributed by atoms with Crippen LogP contribution in [0.4, 0.5) is 0 Å². The molecule has 0 aromatic rings. The van der Waals surface area contributed by atoms with E-state index in [1.54, 1.807) is 0 Å². The van der Waals surface area contributed by atoms with Crippen LogP contribution in [0.2, 0.25) is 0 Å². The number of hydrogen-bond donors (Lipinski definition) is 2. The van der Waals surface area contributed by atoms with E-state index in [2.05, 4.69) is 0 Å². The summed E-state index contributed by atoms with van der Waals surface area (Å²) in [6, 6.07) is 0. The van der Waals surface area contributed by atoms with Crippen LogP contribution in [-0.2, 0) is 4.57 Å². The van der Waals surface area contributed by atoms with Crippen LogP contribution in [-0.4, -0.2) is 21.8 Å². The van der Waals surface area contributed by atoms with Crippen molar-refractivity contribution in [2.45, 2.75) is 37.9 Å². The summed E-state index contributed by atoms with van der Waals surface area (Å²) in [5, 5.41) is 9.20. The zero-order chi connectivity index (χ0) is 9.14. The van der Waals surface area contributed by atoms with Crippen LogP contribution >= 0.6 is 8.03 Å². The predicted octanol–water partition coefficient (Wildman–Crippen LogP) is 1.31. The summed E-state index contributed by atoms with van der Waals surface area (Å²) in [7, 11) is -2.46. The predicted molar refractivity (Wildman–Crippen MR) is 48.6 cm³/mol. The molecule has 3 nitrogen and oxygen atoms in total. The highest BCUT2D eigenvalue weighted by atomic mass is 31.1. The van der Waals surface area contributed by atoms with Gasteiger partial charge in [0.05, 0.1) is 11.8 Å². The highest BCUT2D eigenvalue weighted by Crippen LogP contribution is 2.36. The van der Waals surface area contributed by atoms with Crippen molar-refractivity contribution in [3.05, 3.63) is 11.6 Å². The van der Waals surface area contributed by atoms with Gasteiger partial charge in [0, 0.05) is 0 Å². The van der Waals surface area contributed by atoms with Gasteiger partial charge in [-0.2, -0.15) is 0 Å². The molecule has 70 valence electrons. The van der Waals surface area contributed by atoms with Crippen LogP contribution in [0.5, 0.6) is 0 Å². The number of rotatable bonds is 3. The van der Waals surface area contributed by atoms with E-state index in [0.29, 0.717) is 19.3 Å². The Morgan fingerprint density at radius 3 is 2.83 bits per heavy atom. The number of hydrogen-bond acceptors (Lipinski definition) is 2. The smallest absolute Gasteiger partial charge is 0.196 e. The fraction of sp³-hybridized carbons (Fsp3) is 0.750. The van der Waals surface area contributed by atoms with Gasteiger partial charge in [0.1, 0.15) is 0 Å². The van der Waals surface area contributed by atoms with Gasteiger partial charge in [0.15, 0.2) is 8.03 Å². The normalized spacial score (nSPS) is 28.2. The lowest BCUT2D eigenvalue weighted by Crippen LogP contribution is -2.07. The monoisotopic (exact) mass is 190 g/mol. The van der Waals surface area contributed by atoms with Gasteiger partial charge in [0.2, 0.25) is 0 Å². The lowest BCUT2D eigenvalue weighted by atomic mass is 10.1. The molecule has 0 saturated carbocycles. The molecule has 4 heteroatoms. The molecule has 0 aliphatic heterocycles. The van der Waals surface area contributed by atoms with E-state index in [-0.39, 0.29) is 11.8 Å². The fourth-order valence-corrected chi connectivity index (χ4v) is 2.51. The van der Waals surface area contributed by atoms with Crippen LogP contribution in [0.1, 0.15) is 26.2 Å². The second-order valence-electron chi connectivity index (χ2n) is 3.17. The SMILES string of the molecule is CCC(C1=CCC(O)C1)[PH](=O)O. The van der Waals surface area contributed by atoms with Crippen LogP contribution in [0, 0.1) is 0 Å². The van der Waals surface area contributed by atoms with Crippen LogP contribution in [0.3, 0.4) is 0 Å². The largest absolute Gasteiger partial charge is 0.392 e. The Bertz CT molecular complexity index is 212. The van der Waals surface area contributed by atoms with E-state index in [1.807, 2.05) is 13.0 Å². The molecule has 0 radical (unpaired) electrons. The molecule has 3 unspecified atom stereocenters. The lowest BCUT2D eigenvalue weighted by molar-refractivity contribution is 0.187. The highest BCUT2D eigenvalue weighted by Gasteiger charge is 2.23. The summed E-state index contributed by atoms with van der Waals surface area (Å²) in [5.74, 6) is 0. The van der Waals surface area contributed by atoms with Gasteiger partial charge in [-0.3, -0.25) is 4.57 Å². The highest BCUT2D eigenvalue weighted by molar-refractivity contribution is 7.39. The second kappa shape index (κ2) is 4.22. The van der Waals surface area contributed by atoms with E-state index < -0.39 is 8.03 Å². The van der Waals surface area contributed by atoms with Crippen molar-refractivity contribution in [1.82, 2.24) is 0 Å². The zero-order valence-corrected chi connectivity index (χ0v) is 8.16. The molecule has 3 atom stereocenters. The van der Waals surface area contributed by atoms with E-state index >= 15 is 0 Å². The lowest BCUT2D eigenvalue weighted by Gasteiger charge is -2.12. The minimum atomic E-state index is -2.46. The molecule has 2 N–H and O–H groups in total. The average molecular weight is 190 g/mol. The maximum atomic E-state index is 10.9. The van der Waals surface area contributed by atoms with E-state index in [1.165, 1.54) is 0 Å². The molecule has 0 aromatic heterocycles. The second-order valence-corrected chi connectivity index (χ2v) is 4.55. The summed E-state index contributed by atoms with van der Waals surface area (Å²) >= 11 is 0. The minimum Gasteiger partial charge on any atom is -0.392 e. The molecule has 1 aliphatic carbocycles. The standard InChI is InChI=1S/C8H15O3P/c1-2-8(12(10)11)6-3-4-7(9)5-6/h3,7-9,12H,2,4-5H2,1H3,(H,10,11). The van der Waals surface area contributed by atoms with E-state index in [0.717, 1.165) is 5.57 Å². The molecular weight excluding hydrogens is 175 g/mol. The molecular formula is C8H15O3P. The van der Waals surface area contributed by atoms with Crippen molar-refractivity contribution in [3.63, 3.8) is 0 Å². The van der Waals surface area contributed by atoms with Crippen molar-refractivity contribution in [2.24, 2.45) is 0 Å². The Balaban J connectivity index is 2.62. The Kier molecular flexibility index (Phi) is 3.51. The van der Waals surface area contributed by atoms with Gasteiger partial charge in [-0.1, -0.05) is 18.6 Å². The summed E-state index contributed by atoms with van der Waals surface area (Å²) in [6.45, 7) is 1.90. The third-order valence-electron chi connectivity index (χ3n) is 2.28. The van der Waals surface area contributed by atoms with Gasteiger partial charge in [-0.25, -0.2) is 0 Å². The first-order valence-corrected chi connectivity index (χ1v) is 5.68. The number of aliphatic hydroxyl groups is 1. The van der Waals surface area contributed by atoms with Crippen molar-refractivity contribution in [3.8, 4) is 0 Å². The van der Waals surface area contributed by atoms with Crippen molar-refractivity contribution in [1.29, 1.82) is 0 Å². The third kappa shape index (κ3) is 2.19. The molecule has 0 amide bonds. The molecule has 0 aromatic carbocycles. The fourth-order valence-electron chi connectivity index (χ4n) is 1.61. The summed E-state index contributed by atoms with van der Waals surface area (Å²) in [6.07, 6.45) is 3.48. The van der Waals surface area contributed by atoms with Crippen molar-refractivity contribution in [2.75, 3.05) is 0 Å². The Morgan fingerprint density at radius 1 is 1.83 bits per heavy atom. The topological polar surface area (TPSA) is 57.5 Å². The molecule has 0 spiro atoms. The first-order valence-electron chi connectivity index (χ1n) is 4.25. The third-order valence-corrected chi connectivity index (χ3v) is 3.65. The van der Waals surface area contributed by atoms with Crippen molar-refractivity contribution < 1.29 is 14.6 Å². The molecule has 0 heterocycles. The molecule has 1 rings (SSSR count). The Labute approximate surface area is 73.0 Å². The summed E-state index contributed by atoms with van der Waals surface area (Å²) < 4.78 is 10.9. The van der Waals surface area contributed by atoms with Gasteiger partial charge < -0.3 is 10.00 Å². The van der Waals surface area contributed by atoms with Gasteiger partial charge in [0.25, 0.3) is 0 Å². The van der Waals surface area contributed by atoms with Crippen LogP contribution in [0.15, 0.2) is 11.6 Å².